The smallest absolute Gasteiger partial charge is 0.208 e. The van der Waals surface area contributed by atoms with Gasteiger partial charge in [0.1, 0.15) is 11.6 Å². The van der Waals surface area contributed by atoms with Crippen molar-refractivity contribution in [1.29, 1.82) is 0 Å². The van der Waals surface area contributed by atoms with E-state index in [-0.39, 0.29) is 5.82 Å². The Morgan fingerprint density at radius 2 is 1.95 bits per heavy atom. The van der Waals surface area contributed by atoms with Gasteiger partial charge in [-0.05, 0) is 56.5 Å². The van der Waals surface area contributed by atoms with Crippen molar-refractivity contribution in [3.8, 4) is 0 Å². The molecule has 1 aromatic carbocycles. The van der Waals surface area contributed by atoms with Gasteiger partial charge in [0, 0.05) is 0 Å². The summed E-state index contributed by atoms with van der Waals surface area (Å²) >= 11 is 0. The summed E-state index contributed by atoms with van der Waals surface area (Å²) < 4.78 is 18.5. The molecule has 0 bridgehead atoms. The van der Waals surface area contributed by atoms with E-state index in [1.807, 2.05) is 19.1 Å². The molecule has 20 heavy (non-hydrogen) atoms. The number of nitrogens with zero attached hydrogens (tertiary/aromatic N) is 2. The van der Waals surface area contributed by atoms with E-state index >= 15 is 0 Å². The lowest BCUT2D eigenvalue weighted by Crippen LogP contribution is -2.32. The summed E-state index contributed by atoms with van der Waals surface area (Å²) in [5.41, 5.74) is 1.25. The fourth-order valence-electron chi connectivity index (χ4n) is 2.83. The van der Waals surface area contributed by atoms with Crippen molar-refractivity contribution in [3.05, 3.63) is 53.5 Å². The molecular formula is C16H19FN2O. The summed E-state index contributed by atoms with van der Waals surface area (Å²) in [5.74, 6) is 2.03. The Hall–Kier alpha value is -1.68. The standard InChI is InChI=1S/C16H19FN2O/c1-12-10-18-16(20-12)11-19-8-6-14(7-9-19)13-2-4-15(17)5-3-13/h2-5,10,14H,6-9,11H2,1H3. The molecule has 0 aliphatic carbocycles. The van der Waals surface area contributed by atoms with E-state index in [1.165, 1.54) is 5.56 Å². The Morgan fingerprint density at radius 3 is 2.55 bits per heavy atom. The van der Waals surface area contributed by atoms with Gasteiger partial charge in [-0.15, -0.1) is 0 Å². The number of rotatable bonds is 3. The van der Waals surface area contributed by atoms with Crippen LogP contribution in [0.1, 0.15) is 36.0 Å². The van der Waals surface area contributed by atoms with Crippen molar-refractivity contribution < 1.29 is 8.81 Å². The van der Waals surface area contributed by atoms with E-state index in [0.29, 0.717) is 5.92 Å². The first kappa shape index (κ1) is 13.3. The molecule has 0 amide bonds. The molecule has 1 aliphatic heterocycles. The van der Waals surface area contributed by atoms with Crippen molar-refractivity contribution in [2.75, 3.05) is 13.1 Å². The van der Waals surface area contributed by atoms with Gasteiger partial charge >= 0.3 is 0 Å². The molecule has 0 spiro atoms. The number of likely N-dealkylation sites (tertiary alicyclic amines) is 1. The molecule has 3 rings (SSSR count). The van der Waals surface area contributed by atoms with E-state index in [1.54, 1.807) is 18.3 Å². The minimum absolute atomic E-state index is 0.162. The molecule has 4 heteroatoms. The number of benzene rings is 1. The van der Waals surface area contributed by atoms with Gasteiger partial charge in [-0.1, -0.05) is 12.1 Å². The number of aromatic nitrogens is 1. The third kappa shape index (κ3) is 3.07. The second-order valence-electron chi connectivity index (χ2n) is 5.47. The number of halogens is 1. The monoisotopic (exact) mass is 274 g/mol. The van der Waals surface area contributed by atoms with Crippen LogP contribution < -0.4 is 0 Å². The topological polar surface area (TPSA) is 29.3 Å². The SMILES string of the molecule is Cc1cnc(CN2CCC(c3ccc(F)cc3)CC2)o1. The van der Waals surface area contributed by atoms with Gasteiger partial charge in [0.2, 0.25) is 5.89 Å². The average molecular weight is 274 g/mol. The van der Waals surface area contributed by atoms with Crippen molar-refractivity contribution in [3.63, 3.8) is 0 Å². The molecule has 0 radical (unpaired) electrons. The van der Waals surface area contributed by atoms with Crippen molar-refractivity contribution in [2.45, 2.75) is 32.2 Å². The summed E-state index contributed by atoms with van der Waals surface area (Å²) in [6, 6.07) is 6.93. The number of hydrogen-bond donors (Lipinski definition) is 0. The van der Waals surface area contributed by atoms with Crippen LogP contribution in [0.3, 0.4) is 0 Å². The second kappa shape index (κ2) is 5.75. The lowest BCUT2D eigenvalue weighted by molar-refractivity contribution is 0.187. The highest BCUT2D eigenvalue weighted by Gasteiger charge is 2.21. The summed E-state index contributed by atoms with van der Waals surface area (Å²) in [4.78, 5) is 6.61. The van der Waals surface area contributed by atoms with Crippen LogP contribution in [0.4, 0.5) is 4.39 Å². The van der Waals surface area contributed by atoms with Gasteiger partial charge in [-0.3, -0.25) is 4.90 Å². The molecular weight excluding hydrogens is 255 g/mol. The third-order valence-electron chi connectivity index (χ3n) is 3.96. The fourth-order valence-corrected chi connectivity index (χ4v) is 2.83. The number of piperidine rings is 1. The molecule has 1 aromatic heterocycles. The second-order valence-corrected chi connectivity index (χ2v) is 5.47. The van der Waals surface area contributed by atoms with E-state index in [2.05, 4.69) is 9.88 Å². The van der Waals surface area contributed by atoms with Crippen LogP contribution in [0, 0.1) is 12.7 Å². The van der Waals surface area contributed by atoms with Crippen LogP contribution in [-0.4, -0.2) is 23.0 Å². The van der Waals surface area contributed by atoms with E-state index in [4.69, 9.17) is 4.42 Å². The molecule has 0 saturated carbocycles. The Labute approximate surface area is 118 Å². The van der Waals surface area contributed by atoms with Crippen LogP contribution >= 0.6 is 0 Å². The van der Waals surface area contributed by atoms with Gasteiger partial charge in [0.25, 0.3) is 0 Å². The first-order valence-electron chi connectivity index (χ1n) is 7.10. The summed E-state index contributed by atoms with van der Waals surface area (Å²) in [6.45, 7) is 4.76. The molecule has 3 nitrogen and oxygen atoms in total. The minimum atomic E-state index is -0.162. The number of aryl methyl sites for hydroxylation is 1. The average Bonchev–Trinajstić information content (AvgIpc) is 2.86. The first-order valence-corrected chi connectivity index (χ1v) is 7.10. The zero-order chi connectivity index (χ0) is 13.9. The van der Waals surface area contributed by atoms with Crippen LogP contribution in [0.5, 0.6) is 0 Å². The van der Waals surface area contributed by atoms with Gasteiger partial charge < -0.3 is 4.42 Å². The fraction of sp³-hybridized carbons (Fsp3) is 0.438. The first-order chi connectivity index (χ1) is 9.70. The third-order valence-corrected chi connectivity index (χ3v) is 3.96. The molecule has 1 saturated heterocycles. The van der Waals surface area contributed by atoms with Crippen LogP contribution in [0.2, 0.25) is 0 Å². The molecule has 0 N–H and O–H groups in total. The Bertz CT molecular complexity index is 556. The van der Waals surface area contributed by atoms with Crippen LogP contribution in [0.25, 0.3) is 0 Å². The van der Waals surface area contributed by atoms with Crippen molar-refractivity contribution >= 4 is 0 Å². The highest BCUT2D eigenvalue weighted by atomic mass is 19.1. The Morgan fingerprint density at radius 1 is 1.25 bits per heavy atom. The van der Waals surface area contributed by atoms with Crippen molar-refractivity contribution in [2.24, 2.45) is 0 Å². The lowest BCUT2D eigenvalue weighted by Gasteiger charge is -2.31. The highest BCUT2D eigenvalue weighted by Crippen LogP contribution is 2.28. The summed E-state index contributed by atoms with van der Waals surface area (Å²) in [5, 5.41) is 0. The van der Waals surface area contributed by atoms with Gasteiger partial charge in [-0.2, -0.15) is 0 Å². The van der Waals surface area contributed by atoms with E-state index < -0.39 is 0 Å². The summed E-state index contributed by atoms with van der Waals surface area (Å²) in [6.07, 6.45) is 3.97. The zero-order valence-corrected chi connectivity index (χ0v) is 11.7. The minimum Gasteiger partial charge on any atom is -0.445 e. The molecule has 2 aromatic rings. The normalized spacial score (nSPS) is 17.5. The Balaban J connectivity index is 1.55. The molecule has 1 fully saturated rings. The van der Waals surface area contributed by atoms with Crippen LogP contribution in [0.15, 0.2) is 34.9 Å². The Kier molecular flexibility index (Phi) is 3.83. The van der Waals surface area contributed by atoms with Gasteiger partial charge in [-0.25, -0.2) is 9.37 Å². The van der Waals surface area contributed by atoms with E-state index in [0.717, 1.165) is 44.1 Å². The van der Waals surface area contributed by atoms with Gasteiger partial charge in [0.15, 0.2) is 0 Å². The molecule has 106 valence electrons. The van der Waals surface area contributed by atoms with Gasteiger partial charge in [0.05, 0.1) is 12.7 Å². The van der Waals surface area contributed by atoms with E-state index in [9.17, 15) is 4.39 Å². The largest absolute Gasteiger partial charge is 0.445 e. The maximum Gasteiger partial charge on any atom is 0.208 e. The lowest BCUT2D eigenvalue weighted by atomic mass is 9.89. The quantitative estimate of drug-likeness (QED) is 0.858. The highest BCUT2D eigenvalue weighted by molar-refractivity contribution is 5.21. The molecule has 2 heterocycles. The predicted octanol–water partition coefficient (Wildman–Crippen LogP) is 3.50. The maximum absolute atomic E-state index is 12.9. The zero-order valence-electron chi connectivity index (χ0n) is 11.7. The van der Waals surface area contributed by atoms with Crippen molar-refractivity contribution in [1.82, 2.24) is 9.88 Å². The number of oxazole rings is 1. The number of hydrogen-bond acceptors (Lipinski definition) is 3. The maximum atomic E-state index is 12.9. The van der Waals surface area contributed by atoms with Crippen LogP contribution in [-0.2, 0) is 6.54 Å². The summed E-state index contributed by atoms with van der Waals surface area (Å²) in [7, 11) is 0. The molecule has 0 unspecified atom stereocenters. The molecule has 1 aliphatic rings. The molecule has 0 atom stereocenters. The predicted molar refractivity (Wildman–Crippen MR) is 74.9 cm³/mol.